The summed E-state index contributed by atoms with van der Waals surface area (Å²) in [6.45, 7) is 2.75. The van der Waals surface area contributed by atoms with Crippen LogP contribution in [0.1, 0.15) is 24.5 Å². The fraction of sp³-hybridized carbons (Fsp3) is 0.364. The van der Waals surface area contributed by atoms with Gasteiger partial charge in [-0.3, -0.25) is 9.67 Å². The molecule has 2 rings (SSSR count). The molecule has 2 aromatic heterocycles. The van der Waals surface area contributed by atoms with E-state index in [0.29, 0.717) is 12.1 Å². The topological polar surface area (TPSA) is 63.8 Å². The summed E-state index contributed by atoms with van der Waals surface area (Å²) in [7, 11) is 0. The predicted molar refractivity (Wildman–Crippen MR) is 58.6 cm³/mol. The Morgan fingerprint density at radius 1 is 1.38 bits per heavy atom. The minimum absolute atomic E-state index is 0.435. The Morgan fingerprint density at radius 2 is 2.25 bits per heavy atom. The van der Waals surface area contributed by atoms with Crippen molar-refractivity contribution >= 4 is 0 Å². The number of aliphatic hydroxyl groups is 1. The Kier molecular flexibility index (Phi) is 3.26. The van der Waals surface area contributed by atoms with Crippen molar-refractivity contribution in [1.82, 2.24) is 19.7 Å². The lowest BCUT2D eigenvalue weighted by Crippen LogP contribution is -2.10. The first kappa shape index (κ1) is 10.8. The van der Waals surface area contributed by atoms with E-state index in [1.54, 1.807) is 16.9 Å². The van der Waals surface area contributed by atoms with Gasteiger partial charge in [0.25, 0.3) is 0 Å². The van der Waals surface area contributed by atoms with Crippen LogP contribution in [0, 0.1) is 0 Å². The van der Waals surface area contributed by atoms with Gasteiger partial charge in [-0.25, -0.2) is 4.98 Å². The van der Waals surface area contributed by atoms with Crippen LogP contribution in [0.4, 0.5) is 0 Å². The summed E-state index contributed by atoms with van der Waals surface area (Å²) in [4.78, 5) is 8.22. The van der Waals surface area contributed by atoms with E-state index in [-0.39, 0.29) is 0 Å². The lowest BCUT2D eigenvalue weighted by molar-refractivity contribution is 0.169. The van der Waals surface area contributed by atoms with Gasteiger partial charge in [-0.2, -0.15) is 5.10 Å². The molecule has 2 aromatic rings. The molecule has 5 nitrogen and oxygen atoms in total. The fourth-order valence-corrected chi connectivity index (χ4v) is 1.56. The number of nitrogens with zero attached hydrogens (tertiary/aromatic N) is 4. The zero-order valence-electron chi connectivity index (χ0n) is 9.11. The molecule has 0 amide bonds. The maximum Gasteiger partial charge on any atom is 0.138 e. The maximum absolute atomic E-state index is 9.97. The molecule has 0 aliphatic carbocycles. The second-order valence-electron chi connectivity index (χ2n) is 3.47. The minimum atomic E-state index is -0.629. The maximum atomic E-state index is 9.97. The molecule has 0 saturated heterocycles. The van der Waals surface area contributed by atoms with Gasteiger partial charge in [0.05, 0.1) is 5.69 Å². The van der Waals surface area contributed by atoms with Crippen molar-refractivity contribution in [3.05, 3.63) is 42.2 Å². The highest BCUT2D eigenvalue weighted by Gasteiger charge is 2.13. The van der Waals surface area contributed by atoms with Gasteiger partial charge in [0.2, 0.25) is 0 Å². The summed E-state index contributed by atoms with van der Waals surface area (Å²) in [5.41, 5.74) is 0.660. The van der Waals surface area contributed by atoms with Crippen molar-refractivity contribution in [1.29, 1.82) is 0 Å². The van der Waals surface area contributed by atoms with Gasteiger partial charge in [0.1, 0.15) is 18.3 Å². The number of aromatic nitrogens is 4. The van der Waals surface area contributed by atoms with Crippen LogP contribution in [0.5, 0.6) is 0 Å². The Labute approximate surface area is 93.8 Å². The molecule has 84 valence electrons. The van der Waals surface area contributed by atoms with Crippen LogP contribution in [0.2, 0.25) is 0 Å². The molecule has 1 atom stereocenters. The Bertz CT molecular complexity index is 440. The number of aliphatic hydroxyl groups excluding tert-OH is 1. The molecule has 1 unspecified atom stereocenters. The molecule has 5 heteroatoms. The van der Waals surface area contributed by atoms with Gasteiger partial charge >= 0.3 is 0 Å². The monoisotopic (exact) mass is 218 g/mol. The number of aryl methyl sites for hydroxylation is 1. The third-order valence-corrected chi connectivity index (χ3v) is 2.40. The minimum Gasteiger partial charge on any atom is -0.386 e. The molecular formula is C11H14N4O. The van der Waals surface area contributed by atoms with E-state index in [2.05, 4.69) is 15.1 Å². The smallest absolute Gasteiger partial charge is 0.138 e. The van der Waals surface area contributed by atoms with Crippen molar-refractivity contribution < 1.29 is 5.11 Å². The van der Waals surface area contributed by atoms with E-state index in [0.717, 1.165) is 12.4 Å². The van der Waals surface area contributed by atoms with Crippen molar-refractivity contribution in [2.24, 2.45) is 0 Å². The second kappa shape index (κ2) is 4.85. The van der Waals surface area contributed by atoms with E-state index in [4.69, 9.17) is 0 Å². The largest absolute Gasteiger partial charge is 0.386 e. The van der Waals surface area contributed by atoms with Gasteiger partial charge in [0, 0.05) is 19.2 Å². The molecule has 0 aliphatic rings. The summed E-state index contributed by atoms with van der Waals surface area (Å²) in [6, 6.07) is 5.48. The number of rotatable bonds is 4. The van der Waals surface area contributed by atoms with Crippen LogP contribution in [0.25, 0.3) is 0 Å². The Hall–Kier alpha value is -1.75. The van der Waals surface area contributed by atoms with Crippen LogP contribution in [-0.4, -0.2) is 24.9 Å². The fourth-order valence-electron chi connectivity index (χ4n) is 1.56. The zero-order chi connectivity index (χ0) is 11.4. The Balaban J connectivity index is 2.11. The van der Waals surface area contributed by atoms with Crippen molar-refractivity contribution in [3.63, 3.8) is 0 Å². The zero-order valence-corrected chi connectivity index (χ0v) is 9.11. The van der Waals surface area contributed by atoms with Gasteiger partial charge < -0.3 is 5.11 Å². The normalized spacial score (nSPS) is 12.6. The molecule has 0 aliphatic heterocycles. The van der Waals surface area contributed by atoms with Gasteiger partial charge in [-0.05, 0) is 19.1 Å². The average Bonchev–Trinajstić information content (AvgIpc) is 2.77. The molecule has 1 N–H and O–H groups in total. The third kappa shape index (κ3) is 2.25. The Morgan fingerprint density at radius 3 is 2.94 bits per heavy atom. The first-order valence-electron chi connectivity index (χ1n) is 5.27. The average molecular weight is 218 g/mol. The van der Waals surface area contributed by atoms with Gasteiger partial charge in [-0.1, -0.05) is 6.07 Å². The third-order valence-electron chi connectivity index (χ3n) is 2.40. The lowest BCUT2D eigenvalue weighted by atomic mass is 10.1. The van der Waals surface area contributed by atoms with Crippen molar-refractivity contribution in [3.8, 4) is 0 Å². The van der Waals surface area contributed by atoms with Gasteiger partial charge in [-0.15, -0.1) is 0 Å². The molecule has 0 radical (unpaired) electrons. The van der Waals surface area contributed by atoms with Crippen LogP contribution in [0.3, 0.4) is 0 Å². The summed E-state index contributed by atoms with van der Waals surface area (Å²) in [5, 5.41) is 14.0. The van der Waals surface area contributed by atoms with E-state index in [9.17, 15) is 5.11 Å². The highest BCUT2D eigenvalue weighted by Crippen LogP contribution is 2.14. The van der Waals surface area contributed by atoms with E-state index in [1.165, 1.54) is 6.33 Å². The highest BCUT2D eigenvalue weighted by atomic mass is 16.3. The first-order valence-corrected chi connectivity index (χ1v) is 5.27. The van der Waals surface area contributed by atoms with Gasteiger partial charge in [0.15, 0.2) is 0 Å². The van der Waals surface area contributed by atoms with E-state index < -0.39 is 6.10 Å². The molecule has 2 heterocycles. The SMILES string of the molecule is CCn1ncnc1CC(O)c1ccccn1. The summed E-state index contributed by atoms with van der Waals surface area (Å²) in [5.74, 6) is 0.778. The number of hydrogen-bond donors (Lipinski definition) is 1. The van der Waals surface area contributed by atoms with Crippen LogP contribution < -0.4 is 0 Å². The van der Waals surface area contributed by atoms with E-state index >= 15 is 0 Å². The molecule has 0 spiro atoms. The first-order chi connectivity index (χ1) is 7.81. The quantitative estimate of drug-likeness (QED) is 0.830. The predicted octanol–water partition coefficient (Wildman–Crippen LogP) is 0.969. The molecule has 0 fully saturated rings. The molecule has 16 heavy (non-hydrogen) atoms. The number of pyridine rings is 1. The summed E-state index contributed by atoms with van der Waals surface area (Å²) >= 11 is 0. The summed E-state index contributed by atoms with van der Waals surface area (Å²) < 4.78 is 1.77. The molecule has 0 saturated carbocycles. The van der Waals surface area contributed by atoms with Crippen LogP contribution in [0.15, 0.2) is 30.7 Å². The standard InChI is InChI=1S/C11H14N4O/c1-2-15-11(13-8-14-15)7-10(16)9-5-3-4-6-12-9/h3-6,8,10,16H,2,7H2,1H3. The number of hydrogen-bond acceptors (Lipinski definition) is 4. The summed E-state index contributed by atoms with van der Waals surface area (Å²) in [6.07, 6.45) is 2.98. The second-order valence-corrected chi connectivity index (χ2v) is 3.47. The van der Waals surface area contributed by atoms with E-state index in [1.807, 2.05) is 19.1 Å². The van der Waals surface area contributed by atoms with Crippen LogP contribution in [-0.2, 0) is 13.0 Å². The van der Waals surface area contributed by atoms with Crippen molar-refractivity contribution in [2.45, 2.75) is 26.0 Å². The molecule has 0 bridgehead atoms. The molecule has 0 aromatic carbocycles. The lowest BCUT2D eigenvalue weighted by Gasteiger charge is -2.09. The highest BCUT2D eigenvalue weighted by molar-refractivity contribution is 5.08. The molecular weight excluding hydrogens is 204 g/mol. The van der Waals surface area contributed by atoms with Crippen LogP contribution >= 0.6 is 0 Å². The van der Waals surface area contributed by atoms with Crippen molar-refractivity contribution in [2.75, 3.05) is 0 Å².